The van der Waals surface area contributed by atoms with Crippen molar-refractivity contribution >= 4 is 15.8 Å². The van der Waals surface area contributed by atoms with Gasteiger partial charge in [-0.05, 0) is 74.1 Å². The highest BCUT2D eigenvalue weighted by atomic mass is 31.1. The second-order valence-corrected chi connectivity index (χ2v) is 18.2. The van der Waals surface area contributed by atoms with Crippen molar-refractivity contribution in [3.05, 3.63) is 144 Å². The average Bonchev–Trinajstić information content (AvgIpc) is 3.74. The summed E-state index contributed by atoms with van der Waals surface area (Å²) < 4.78 is 13.8. The summed E-state index contributed by atoms with van der Waals surface area (Å²) in [6.07, 6.45) is 7.52. The molecule has 43 heavy (non-hydrogen) atoms. The van der Waals surface area contributed by atoms with Gasteiger partial charge in [0.25, 0.3) is 0 Å². The van der Waals surface area contributed by atoms with Crippen molar-refractivity contribution in [1.82, 2.24) is 0 Å². The van der Waals surface area contributed by atoms with Gasteiger partial charge in [0.15, 0.2) is 5.79 Å². The molecule has 3 saturated heterocycles. The van der Waals surface area contributed by atoms with Gasteiger partial charge in [0.1, 0.15) is 0 Å². The molecule has 0 unspecified atom stereocenters. The molecule has 0 amide bonds. The molecule has 0 spiro atoms. The van der Waals surface area contributed by atoms with E-state index in [4.69, 9.17) is 9.47 Å². The topological polar surface area (TPSA) is 18.5 Å². The van der Waals surface area contributed by atoms with Crippen molar-refractivity contribution in [2.45, 2.75) is 80.2 Å². The van der Waals surface area contributed by atoms with Gasteiger partial charge in [-0.15, -0.1) is 0 Å². The molecule has 0 aromatic heterocycles. The number of ether oxygens (including phenoxy) is 2. The van der Waals surface area contributed by atoms with Crippen molar-refractivity contribution < 1.29 is 9.47 Å². The Balaban J connectivity index is 1.19. The summed E-state index contributed by atoms with van der Waals surface area (Å²) in [5.41, 5.74) is 8.48. The van der Waals surface area contributed by atoms with E-state index in [0.717, 1.165) is 12.3 Å². The second kappa shape index (κ2) is 12.9. The molecule has 6 atom stereocenters. The Kier molecular flexibility index (Phi) is 8.85. The average molecular weight is 607 g/mol. The molecule has 3 fully saturated rings. The van der Waals surface area contributed by atoms with Crippen molar-refractivity contribution in [2.24, 2.45) is 0 Å². The first-order chi connectivity index (χ1) is 21.1. The van der Waals surface area contributed by atoms with Crippen LogP contribution < -0.4 is 0 Å². The Bertz CT molecular complexity index is 1240. The fraction of sp³-hybridized carbons (Fsp3) is 0.385. The zero-order chi connectivity index (χ0) is 29.2. The lowest BCUT2D eigenvalue weighted by atomic mass is 10.0. The molecule has 4 aromatic rings. The summed E-state index contributed by atoms with van der Waals surface area (Å²) in [5.74, 6) is -0.547. The van der Waals surface area contributed by atoms with Crippen LogP contribution in [0, 0.1) is 0 Å². The van der Waals surface area contributed by atoms with Crippen LogP contribution >= 0.6 is 15.8 Å². The summed E-state index contributed by atoms with van der Waals surface area (Å²) in [6.45, 7) is 4.27. The first kappa shape index (κ1) is 29.4. The molecule has 7 rings (SSSR count). The molecule has 2 nitrogen and oxygen atoms in total. The summed E-state index contributed by atoms with van der Waals surface area (Å²) in [5, 5.41) is 0. The molecular formula is C39H44O2P2. The minimum atomic E-state index is -0.547. The second-order valence-electron chi connectivity index (χ2n) is 13.0. The van der Waals surface area contributed by atoms with Gasteiger partial charge >= 0.3 is 0 Å². The molecule has 0 radical (unpaired) electrons. The van der Waals surface area contributed by atoms with Gasteiger partial charge in [-0.25, -0.2) is 0 Å². The first-order valence-electron chi connectivity index (χ1n) is 16.1. The Morgan fingerprint density at radius 3 is 0.977 bits per heavy atom. The summed E-state index contributed by atoms with van der Waals surface area (Å²) >= 11 is 0. The molecule has 0 saturated carbocycles. The molecule has 0 bridgehead atoms. The first-order valence-corrected chi connectivity index (χ1v) is 19.5. The molecule has 3 heterocycles. The third kappa shape index (κ3) is 6.41. The fourth-order valence-corrected chi connectivity index (χ4v) is 15.5. The third-order valence-electron chi connectivity index (χ3n) is 9.83. The molecule has 4 heteroatoms. The Hall–Kier alpha value is -2.34. The van der Waals surface area contributed by atoms with E-state index < -0.39 is 5.79 Å². The van der Waals surface area contributed by atoms with Gasteiger partial charge in [-0.1, -0.05) is 137 Å². The van der Waals surface area contributed by atoms with Crippen molar-refractivity contribution in [1.29, 1.82) is 0 Å². The SMILES string of the molecule is CC1(C)O[C@H](CP2[C@H](c3ccccc3)CC[C@H]2c2ccccc2)[C@@H](CP2[C@H](c3ccccc3)CC[C@H]2c2ccccc2)O1. The van der Waals surface area contributed by atoms with E-state index in [2.05, 4.69) is 135 Å². The predicted molar refractivity (Wildman–Crippen MR) is 183 cm³/mol. The maximum atomic E-state index is 6.89. The van der Waals surface area contributed by atoms with Crippen LogP contribution in [0.4, 0.5) is 0 Å². The molecule has 4 aromatic carbocycles. The number of hydrogen-bond acceptors (Lipinski definition) is 2. The van der Waals surface area contributed by atoms with Crippen molar-refractivity contribution in [3.8, 4) is 0 Å². The van der Waals surface area contributed by atoms with Gasteiger partial charge in [0.05, 0.1) is 12.2 Å². The minimum absolute atomic E-state index is 0.132. The van der Waals surface area contributed by atoms with E-state index in [-0.39, 0.29) is 28.1 Å². The van der Waals surface area contributed by atoms with Crippen LogP contribution in [0.3, 0.4) is 0 Å². The minimum Gasteiger partial charge on any atom is -0.344 e. The Labute approximate surface area is 260 Å². The predicted octanol–water partition coefficient (Wildman–Crippen LogP) is 11.0. The molecule has 3 aliphatic heterocycles. The molecule has 0 N–H and O–H groups in total. The van der Waals surface area contributed by atoms with Crippen LogP contribution in [0.2, 0.25) is 0 Å². The summed E-state index contributed by atoms with van der Waals surface area (Å²) in [4.78, 5) is 0. The maximum absolute atomic E-state index is 6.89. The lowest BCUT2D eigenvalue weighted by Crippen LogP contribution is -2.29. The van der Waals surface area contributed by atoms with Crippen LogP contribution in [0.1, 0.15) is 84.4 Å². The maximum Gasteiger partial charge on any atom is 0.163 e. The van der Waals surface area contributed by atoms with Gasteiger partial charge in [-0.3, -0.25) is 0 Å². The van der Waals surface area contributed by atoms with Gasteiger partial charge < -0.3 is 9.47 Å². The highest BCUT2D eigenvalue weighted by Gasteiger charge is 2.49. The summed E-state index contributed by atoms with van der Waals surface area (Å²) in [6, 6.07) is 45.2. The third-order valence-corrected chi connectivity index (χ3v) is 16.8. The van der Waals surface area contributed by atoms with Crippen LogP contribution in [0.15, 0.2) is 121 Å². The lowest BCUT2D eigenvalue weighted by Gasteiger charge is -2.33. The van der Waals surface area contributed by atoms with E-state index in [0.29, 0.717) is 22.6 Å². The van der Waals surface area contributed by atoms with E-state index in [1.165, 1.54) is 47.9 Å². The van der Waals surface area contributed by atoms with E-state index in [1.54, 1.807) is 0 Å². The van der Waals surface area contributed by atoms with E-state index >= 15 is 0 Å². The number of rotatable bonds is 8. The lowest BCUT2D eigenvalue weighted by molar-refractivity contribution is -0.142. The fourth-order valence-electron chi connectivity index (χ4n) is 8.01. The van der Waals surface area contributed by atoms with Gasteiger partial charge in [0, 0.05) is 22.6 Å². The monoisotopic (exact) mass is 606 g/mol. The zero-order valence-corrected chi connectivity index (χ0v) is 27.3. The normalized spacial score (nSPS) is 29.3. The van der Waals surface area contributed by atoms with Gasteiger partial charge in [0.2, 0.25) is 0 Å². The molecule has 0 aliphatic carbocycles. The highest BCUT2D eigenvalue weighted by Crippen LogP contribution is 2.73. The van der Waals surface area contributed by atoms with Crippen LogP contribution in [0.5, 0.6) is 0 Å². The molecule has 3 aliphatic rings. The number of hydrogen-bond donors (Lipinski definition) is 0. The summed E-state index contributed by atoms with van der Waals surface area (Å²) in [7, 11) is -0.658. The van der Waals surface area contributed by atoms with E-state index in [1.807, 2.05) is 0 Å². The number of benzene rings is 4. The van der Waals surface area contributed by atoms with Crippen LogP contribution in [0.25, 0.3) is 0 Å². The standard InChI is InChI=1S/C39H44O2P2/c1-39(2)40-33(27-42-35(29-15-7-3-8-16-29)23-24-36(42)30-17-9-4-10-18-30)34(41-39)28-43-37(31-19-11-5-12-20-31)25-26-38(43)32-21-13-6-14-22-32/h3-22,33-38H,23-28H2,1-2H3/t33-,34-,35+,36+,37+,38+/m1/s1. The smallest absolute Gasteiger partial charge is 0.163 e. The highest BCUT2D eigenvalue weighted by molar-refractivity contribution is 7.59. The molecule has 222 valence electrons. The quantitative estimate of drug-likeness (QED) is 0.186. The van der Waals surface area contributed by atoms with E-state index in [9.17, 15) is 0 Å². The van der Waals surface area contributed by atoms with Crippen molar-refractivity contribution in [2.75, 3.05) is 12.3 Å². The van der Waals surface area contributed by atoms with Crippen LogP contribution in [-0.2, 0) is 9.47 Å². The molecular weight excluding hydrogens is 562 g/mol. The largest absolute Gasteiger partial charge is 0.344 e. The van der Waals surface area contributed by atoms with Crippen LogP contribution in [-0.4, -0.2) is 30.3 Å². The Morgan fingerprint density at radius 2 is 0.721 bits per heavy atom. The Morgan fingerprint density at radius 1 is 0.465 bits per heavy atom. The van der Waals surface area contributed by atoms with Crippen molar-refractivity contribution in [3.63, 3.8) is 0 Å². The van der Waals surface area contributed by atoms with Gasteiger partial charge in [-0.2, -0.15) is 0 Å². The zero-order valence-electron chi connectivity index (χ0n) is 25.5.